The largest absolute Gasteiger partial charge is 0.464 e. The van der Waals surface area contributed by atoms with Gasteiger partial charge in [-0.15, -0.1) is 11.3 Å². The van der Waals surface area contributed by atoms with Crippen LogP contribution < -0.4 is 5.56 Å². The number of carbonyl (C=O) groups is 1. The number of aryl methyl sites for hydroxylation is 3. The van der Waals surface area contributed by atoms with Crippen LogP contribution in [0.3, 0.4) is 0 Å². The van der Waals surface area contributed by atoms with E-state index in [9.17, 15) is 9.59 Å². The maximum absolute atomic E-state index is 13.6. The summed E-state index contributed by atoms with van der Waals surface area (Å²) in [6.45, 7) is 11.0. The molecule has 0 fully saturated rings. The smallest absolute Gasteiger partial charge is 0.331 e. The molecule has 0 unspecified atom stereocenters. The Morgan fingerprint density at radius 3 is 2.57 bits per heavy atom. The van der Waals surface area contributed by atoms with Crippen LogP contribution in [-0.2, 0) is 15.1 Å². The fraction of sp³-hybridized carbons (Fsp3) is 0.381. The first kappa shape index (κ1) is 20.6. The SMILES string of the molecule is CCOC(=O)C(C)(C)n1c(C)nc2sc(C)c(-c3ccc(Cl)c(C)c3)c2c1=O. The topological polar surface area (TPSA) is 61.2 Å². The van der Waals surface area contributed by atoms with Crippen LogP contribution in [0.1, 0.15) is 37.0 Å². The van der Waals surface area contributed by atoms with Crippen LogP contribution in [0.15, 0.2) is 23.0 Å². The molecule has 148 valence electrons. The summed E-state index contributed by atoms with van der Waals surface area (Å²) in [5.41, 5.74) is 1.28. The number of aromatic nitrogens is 2. The highest BCUT2D eigenvalue weighted by Crippen LogP contribution is 2.37. The van der Waals surface area contributed by atoms with Gasteiger partial charge in [0, 0.05) is 15.5 Å². The summed E-state index contributed by atoms with van der Waals surface area (Å²) in [6.07, 6.45) is 0. The molecular weight excluding hydrogens is 396 g/mol. The number of esters is 1. The van der Waals surface area contributed by atoms with Crippen molar-refractivity contribution in [1.82, 2.24) is 9.55 Å². The van der Waals surface area contributed by atoms with Crippen molar-refractivity contribution >= 4 is 39.1 Å². The maximum atomic E-state index is 13.6. The standard InChI is InChI=1S/C21H23ClN2O3S/c1-7-27-20(26)21(5,6)24-13(4)23-18-17(19(24)25)16(12(3)28-18)14-8-9-15(22)11(2)10-14/h8-10H,7H2,1-6H3. The summed E-state index contributed by atoms with van der Waals surface area (Å²) in [5.74, 6) is 0.0211. The Bertz CT molecular complexity index is 1140. The third-order valence-corrected chi connectivity index (χ3v) is 6.27. The Morgan fingerprint density at radius 2 is 1.96 bits per heavy atom. The van der Waals surface area contributed by atoms with Crippen molar-refractivity contribution in [2.45, 2.75) is 47.1 Å². The highest BCUT2D eigenvalue weighted by molar-refractivity contribution is 7.19. The van der Waals surface area contributed by atoms with Gasteiger partial charge >= 0.3 is 5.97 Å². The molecule has 5 nitrogen and oxygen atoms in total. The molecule has 2 aromatic heterocycles. The van der Waals surface area contributed by atoms with E-state index in [1.807, 2.05) is 32.0 Å². The van der Waals surface area contributed by atoms with Gasteiger partial charge in [-0.05, 0) is 64.8 Å². The van der Waals surface area contributed by atoms with Gasteiger partial charge in [0.05, 0.1) is 12.0 Å². The molecule has 3 aromatic rings. The first-order valence-electron chi connectivity index (χ1n) is 9.06. The normalized spacial score (nSPS) is 11.8. The molecule has 1 aromatic carbocycles. The van der Waals surface area contributed by atoms with Gasteiger partial charge in [-0.25, -0.2) is 9.78 Å². The van der Waals surface area contributed by atoms with E-state index in [2.05, 4.69) is 4.98 Å². The first-order valence-corrected chi connectivity index (χ1v) is 10.3. The predicted molar refractivity (Wildman–Crippen MR) is 114 cm³/mol. The summed E-state index contributed by atoms with van der Waals surface area (Å²) in [5, 5.41) is 1.20. The summed E-state index contributed by atoms with van der Waals surface area (Å²) in [6, 6.07) is 5.71. The number of carbonyl (C=O) groups excluding carboxylic acids is 1. The number of benzene rings is 1. The van der Waals surface area contributed by atoms with E-state index in [1.165, 1.54) is 15.9 Å². The minimum absolute atomic E-state index is 0.243. The van der Waals surface area contributed by atoms with E-state index >= 15 is 0 Å². The zero-order valence-electron chi connectivity index (χ0n) is 16.8. The number of hydrogen-bond donors (Lipinski definition) is 0. The summed E-state index contributed by atoms with van der Waals surface area (Å²) < 4.78 is 6.63. The molecule has 0 bridgehead atoms. The van der Waals surface area contributed by atoms with Gasteiger partial charge in [0.1, 0.15) is 16.2 Å². The van der Waals surface area contributed by atoms with Crippen molar-refractivity contribution in [3.63, 3.8) is 0 Å². The highest BCUT2D eigenvalue weighted by atomic mass is 35.5. The van der Waals surface area contributed by atoms with Crippen molar-refractivity contribution in [3.05, 3.63) is 49.8 Å². The lowest BCUT2D eigenvalue weighted by molar-refractivity contribution is -0.152. The monoisotopic (exact) mass is 418 g/mol. The third-order valence-electron chi connectivity index (χ3n) is 4.85. The van der Waals surface area contributed by atoms with Crippen molar-refractivity contribution in [2.24, 2.45) is 0 Å². The maximum Gasteiger partial charge on any atom is 0.331 e. The summed E-state index contributed by atoms with van der Waals surface area (Å²) in [4.78, 5) is 32.4. The van der Waals surface area contributed by atoms with Gasteiger partial charge in [-0.1, -0.05) is 17.7 Å². The van der Waals surface area contributed by atoms with Gasteiger partial charge < -0.3 is 4.74 Å². The lowest BCUT2D eigenvalue weighted by atomic mass is 10.0. The molecule has 0 aliphatic heterocycles. The molecule has 2 heterocycles. The van der Waals surface area contributed by atoms with E-state index in [-0.39, 0.29) is 12.2 Å². The van der Waals surface area contributed by atoms with Crippen LogP contribution in [0.2, 0.25) is 5.02 Å². The molecule has 0 spiro atoms. The van der Waals surface area contributed by atoms with E-state index in [4.69, 9.17) is 16.3 Å². The molecule has 0 aliphatic carbocycles. The van der Waals surface area contributed by atoms with Crippen LogP contribution in [-0.4, -0.2) is 22.1 Å². The molecule has 7 heteroatoms. The summed E-state index contributed by atoms with van der Waals surface area (Å²) in [7, 11) is 0. The fourth-order valence-electron chi connectivity index (χ4n) is 3.47. The molecule has 0 amide bonds. The molecule has 28 heavy (non-hydrogen) atoms. The number of halogens is 1. The van der Waals surface area contributed by atoms with Crippen LogP contribution >= 0.6 is 22.9 Å². The Balaban J connectivity index is 2.35. The zero-order chi connectivity index (χ0) is 20.8. The summed E-state index contributed by atoms with van der Waals surface area (Å²) >= 11 is 7.65. The van der Waals surface area contributed by atoms with E-state index < -0.39 is 11.5 Å². The van der Waals surface area contributed by atoms with E-state index in [0.717, 1.165) is 21.6 Å². The van der Waals surface area contributed by atoms with E-state index in [0.29, 0.717) is 21.1 Å². The number of hydrogen-bond acceptors (Lipinski definition) is 5. The minimum atomic E-state index is -1.17. The first-order chi connectivity index (χ1) is 13.1. The Labute approximate surface area is 172 Å². The van der Waals surface area contributed by atoms with Crippen LogP contribution in [0.4, 0.5) is 0 Å². The second-order valence-corrected chi connectivity index (χ2v) is 8.87. The predicted octanol–water partition coefficient (Wildman–Crippen LogP) is 5.00. The van der Waals surface area contributed by atoms with Crippen molar-refractivity contribution < 1.29 is 9.53 Å². The molecule has 0 saturated heterocycles. The van der Waals surface area contributed by atoms with E-state index in [1.54, 1.807) is 27.7 Å². The van der Waals surface area contributed by atoms with Crippen molar-refractivity contribution in [2.75, 3.05) is 6.61 Å². The molecule has 3 rings (SSSR count). The zero-order valence-corrected chi connectivity index (χ0v) is 18.4. The molecule has 0 aliphatic rings. The second kappa shape index (κ2) is 7.33. The quantitative estimate of drug-likeness (QED) is 0.559. The molecule has 0 N–H and O–H groups in total. The highest BCUT2D eigenvalue weighted by Gasteiger charge is 2.35. The minimum Gasteiger partial charge on any atom is -0.464 e. The number of ether oxygens (including phenoxy) is 1. The van der Waals surface area contributed by atoms with Crippen LogP contribution in [0.25, 0.3) is 21.3 Å². The lowest BCUT2D eigenvalue weighted by Crippen LogP contribution is -2.45. The van der Waals surface area contributed by atoms with Gasteiger partial charge in [0.25, 0.3) is 5.56 Å². The molecular formula is C21H23ClN2O3S. The number of thiophene rings is 1. The van der Waals surface area contributed by atoms with Gasteiger partial charge in [-0.3, -0.25) is 9.36 Å². The number of nitrogens with zero attached hydrogens (tertiary/aromatic N) is 2. The average Bonchev–Trinajstić information content (AvgIpc) is 2.93. The second-order valence-electron chi connectivity index (χ2n) is 7.26. The van der Waals surface area contributed by atoms with Crippen molar-refractivity contribution in [1.29, 1.82) is 0 Å². The third kappa shape index (κ3) is 3.25. The molecule has 0 saturated carbocycles. The molecule has 0 radical (unpaired) electrons. The van der Waals surface area contributed by atoms with Crippen LogP contribution in [0, 0.1) is 20.8 Å². The molecule has 0 atom stereocenters. The Morgan fingerprint density at radius 1 is 1.29 bits per heavy atom. The van der Waals surface area contributed by atoms with Gasteiger partial charge in [-0.2, -0.15) is 0 Å². The Kier molecular flexibility index (Phi) is 5.38. The average molecular weight is 419 g/mol. The number of rotatable bonds is 4. The van der Waals surface area contributed by atoms with Gasteiger partial charge in [0.2, 0.25) is 0 Å². The Hall–Kier alpha value is -2.18. The van der Waals surface area contributed by atoms with Crippen molar-refractivity contribution in [3.8, 4) is 11.1 Å². The van der Waals surface area contributed by atoms with Crippen LogP contribution in [0.5, 0.6) is 0 Å². The fourth-order valence-corrected chi connectivity index (χ4v) is 4.67. The lowest BCUT2D eigenvalue weighted by Gasteiger charge is -2.26. The number of fused-ring (bicyclic) bond motifs is 1. The van der Waals surface area contributed by atoms with Gasteiger partial charge in [0.15, 0.2) is 0 Å².